The minimum atomic E-state index is -0.507. The third-order valence-electron chi connectivity index (χ3n) is 4.86. The Morgan fingerprint density at radius 2 is 2.07 bits per heavy atom. The van der Waals surface area contributed by atoms with Gasteiger partial charge in [0.25, 0.3) is 11.5 Å². The van der Waals surface area contributed by atoms with Gasteiger partial charge in [-0.25, -0.2) is 19.9 Å². The summed E-state index contributed by atoms with van der Waals surface area (Å²) >= 11 is 0. The molecule has 1 amide bonds. The second-order valence-corrected chi connectivity index (χ2v) is 6.94. The number of carbonyl (C=O) groups is 1. The zero-order chi connectivity index (χ0) is 21.1. The molecule has 0 aliphatic carbocycles. The van der Waals surface area contributed by atoms with E-state index in [-0.39, 0.29) is 17.2 Å². The van der Waals surface area contributed by atoms with Gasteiger partial charge in [-0.1, -0.05) is 6.07 Å². The molecule has 1 atom stereocenters. The number of amides is 1. The van der Waals surface area contributed by atoms with E-state index in [1.165, 1.54) is 19.5 Å². The number of nitrogens with zero attached hydrogens (tertiary/aromatic N) is 6. The summed E-state index contributed by atoms with van der Waals surface area (Å²) in [6.45, 7) is 1.63. The van der Waals surface area contributed by atoms with E-state index >= 15 is 0 Å². The van der Waals surface area contributed by atoms with Crippen molar-refractivity contribution in [3.8, 4) is 17.3 Å². The third-order valence-corrected chi connectivity index (χ3v) is 4.86. The van der Waals surface area contributed by atoms with Crippen molar-refractivity contribution in [3.05, 3.63) is 64.7 Å². The quantitative estimate of drug-likeness (QED) is 0.666. The second-order valence-electron chi connectivity index (χ2n) is 6.94. The summed E-state index contributed by atoms with van der Waals surface area (Å²) in [5, 5.41) is 2.97. The average Bonchev–Trinajstić information content (AvgIpc) is 2.93. The van der Waals surface area contributed by atoms with Crippen molar-refractivity contribution in [2.45, 2.75) is 12.6 Å². The Labute approximate surface area is 172 Å². The summed E-state index contributed by atoms with van der Waals surface area (Å²) in [6.07, 6.45) is 3.00. The van der Waals surface area contributed by atoms with Crippen LogP contribution in [0, 0.1) is 0 Å². The van der Waals surface area contributed by atoms with Gasteiger partial charge in [-0.3, -0.25) is 14.2 Å². The molecule has 0 fully saturated rings. The highest BCUT2D eigenvalue weighted by atomic mass is 16.5. The van der Waals surface area contributed by atoms with Crippen LogP contribution in [0.15, 0.2) is 47.7 Å². The van der Waals surface area contributed by atoms with Gasteiger partial charge in [0, 0.05) is 38.0 Å². The number of fused-ring (bicyclic) bond motifs is 1. The normalized spacial score (nSPS) is 16.4. The molecule has 3 aromatic rings. The number of carbonyl (C=O) groups excluding carboxylic acids is 1. The SMILES string of the molecule is COc1cccc(C(=O)NC2CN(C)CCn3c2nc(-c2ccncn2)cc3=O)n1. The van der Waals surface area contributed by atoms with Crippen LogP contribution in [-0.4, -0.2) is 62.6 Å². The minimum Gasteiger partial charge on any atom is -0.481 e. The fourth-order valence-corrected chi connectivity index (χ4v) is 3.34. The van der Waals surface area contributed by atoms with Crippen LogP contribution in [0.2, 0.25) is 0 Å². The molecule has 154 valence electrons. The Balaban J connectivity index is 1.72. The highest BCUT2D eigenvalue weighted by Gasteiger charge is 2.27. The van der Waals surface area contributed by atoms with Crippen LogP contribution in [0.1, 0.15) is 22.4 Å². The summed E-state index contributed by atoms with van der Waals surface area (Å²) in [5.41, 5.74) is 1.02. The summed E-state index contributed by atoms with van der Waals surface area (Å²) in [6, 6.07) is 7.61. The van der Waals surface area contributed by atoms with E-state index in [1.54, 1.807) is 35.0 Å². The molecule has 10 heteroatoms. The molecule has 0 bridgehead atoms. The molecule has 0 spiro atoms. The van der Waals surface area contributed by atoms with Gasteiger partial charge in [0.05, 0.1) is 18.5 Å². The van der Waals surface area contributed by atoms with Gasteiger partial charge in [0.2, 0.25) is 5.88 Å². The van der Waals surface area contributed by atoms with Crippen LogP contribution >= 0.6 is 0 Å². The molecule has 30 heavy (non-hydrogen) atoms. The van der Waals surface area contributed by atoms with Gasteiger partial charge in [0.15, 0.2) is 0 Å². The second kappa shape index (κ2) is 8.37. The number of methoxy groups -OCH3 is 1. The summed E-state index contributed by atoms with van der Waals surface area (Å²) < 4.78 is 6.69. The molecular formula is C20H21N7O3. The van der Waals surface area contributed by atoms with Crippen LogP contribution in [0.3, 0.4) is 0 Å². The Hall–Kier alpha value is -3.66. The predicted molar refractivity (Wildman–Crippen MR) is 108 cm³/mol. The number of likely N-dealkylation sites (N-methyl/N-ethyl adjacent to an activating group) is 1. The number of ether oxygens (including phenoxy) is 1. The molecule has 1 aliphatic rings. The van der Waals surface area contributed by atoms with E-state index < -0.39 is 6.04 Å². The molecule has 3 aromatic heterocycles. The number of nitrogens with one attached hydrogen (secondary N) is 1. The molecule has 0 aromatic carbocycles. The van der Waals surface area contributed by atoms with Crippen LogP contribution in [-0.2, 0) is 6.54 Å². The zero-order valence-corrected chi connectivity index (χ0v) is 16.6. The topological polar surface area (TPSA) is 115 Å². The smallest absolute Gasteiger partial charge is 0.270 e. The summed E-state index contributed by atoms with van der Waals surface area (Å²) in [4.78, 5) is 44.7. The molecule has 1 unspecified atom stereocenters. The molecule has 1 aliphatic heterocycles. The molecule has 0 saturated carbocycles. The van der Waals surface area contributed by atoms with Crippen molar-refractivity contribution >= 4 is 5.91 Å². The maximum absolute atomic E-state index is 12.9. The Bertz CT molecular complexity index is 1120. The Morgan fingerprint density at radius 1 is 1.20 bits per heavy atom. The fraction of sp³-hybridized carbons (Fsp3) is 0.300. The van der Waals surface area contributed by atoms with Gasteiger partial charge < -0.3 is 15.0 Å². The van der Waals surface area contributed by atoms with Crippen molar-refractivity contribution in [2.75, 3.05) is 27.2 Å². The van der Waals surface area contributed by atoms with Crippen molar-refractivity contribution in [3.63, 3.8) is 0 Å². The minimum absolute atomic E-state index is 0.192. The number of hydrogen-bond acceptors (Lipinski definition) is 8. The summed E-state index contributed by atoms with van der Waals surface area (Å²) in [7, 11) is 3.43. The summed E-state index contributed by atoms with van der Waals surface area (Å²) in [5.74, 6) is 0.459. The fourth-order valence-electron chi connectivity index (χ4n) is 3.34. The molecule has 1 N–H and O–H groups in total. The lowest BCUT2D eigenvalue weighted by atomic mass is 10.2. The Kier molecular flexibility index (Phi) is 5.48. The van der Waals surface area contributed by atoms with Crippen molar-refractivity contribution in [1.29, 1.82) is 0 Å². The van der Waals surface area contributed by atoms with Crippen molar-refractivity contribution in [1.82, 2.24) is 34.7 Å². The highest BCUT2D eigenvalue weighted by molar-refractivity contribution is 5.92. The van der Waals surface area contributed by atoms with Gasteiger partial charge in [0.1, 0.15) is 23.9 Å². The Morgan fingerprint density at radius 3 is 2.83 bits per heavy atom. The molecule has 10 nitrogen and oxygen atoms in total. The van der Waals surface area contributed by atoms with Crippen LogP contribution < -0.4 is 15.6 Å². The van der Waals surface area contributed by atoms with E-state index in [9.17, 15) is 9.59 Å². The first kappa shape index (κ1) is 19.6. The van der Waals surface area contributed by atoms with Crippen LogP contribution in [0.25, 0.3) is 11.4 Å². The standard InChI is InChI=1S/C20H21N7O3/c1-26-8-9-27-18(28)10-15(13-6-7-21-12-22-13)24-19(27)16(11-26)25-20(29)14-4-3-5-17(23-14)30-2/h3-7,10,12,16H,8-9,11H2,1-2H3,(H,25,29). The van der Waals surface area contributed by atoms with Crippen molar-refractivity contribution < 1.29 is 9.53 Å². The lowest BCUT2D eigenvalue weighted by Crippen LogP contribution is -2.37. The maximum atomic E-state index is 12.9. The van der Waals surface area contributed by atoms with Gasteiger partial charge in [-0.05, 0) is 19.2 Å². The molecule has 4 heterocycles. The third kappa shape index (κ3) is 4.03. The predicted octanol–water partition coefficient (Wildman–Crippen LogP) is 0.520. The first-order chi connectivity index (χ1) is 14.5. The van der Waals surface area contributed by atoms with Gasteiger partial charge in [-0.2, -0.15) is 0 Å². The van der Waals surface area contributed by atoms with Gasteiger partial charge in [-0.15, -0.1) is 0 Å². The van der Waals surface area contributed by atoms with Gasteiger partial charge >= 0.3 is 0 Å². The van der Waals surface area contributed by atoms with E-state index in [2.05, 4.69) is 25.3 Å². The van der Waals surface area contributed by atoms with E-state index in [1.807, 2.05) is 11.9 Å². The molecule has 4 rings (SSSR count). The zero-order valence-electron chi connectivity index (χ0n) is 16.6. The van der Waals surface area contributed by atoms with E-state index in [4.69, 9.17) is 4.74 Å². The molecule has 0 radical (unpaired) electrons. The maximum Gasteiger partial charge on any atom is 0.270 e. The first-order valence-electron chi connectivity index (χ1n) is 9.44. The van der Waals surface area contributed by atoms with E-state index in [0.717, 1.165) is 0 Å². The monoisotopic (exact) mass is 407 g/mol. The lowest BCUT2D eigenvalue weighted by molar-refractivity contribution is 0.0921. The largest absolute Gasteiger partial charge is 0.481 e. The average molecular weight is 407 g/mol. The number of pyridine rings is 1. The highest BCUT2D eigenvalue weighted by Crippen LogP contribution is 2.19. The van der Waals surface area contributed by atoms with E-state index in [0.29, 0.717) is 42.7 Å². The number of hydrogen-bond donors (Lipinski definition) is 1. The number of rotatable bonds is 4. The lowest BCUT2D eigenvalue weighted by Gasteiger charge is -2.21. The first-order valence-corrected chi connectivity index (χ1v) is 9.44. The number of aromatic nitrogens is 5. The molecular weight excluding hydrogens is 386 g/mol. The molecule has 0 saturated heterocycles. The van der Waals surface area contributed by atoms with Crippen LogP contribution in [0.5, 0.6) is 5.88 Å². The van der Waals surface area contributed by atoms with Crippen LogP contribution in [0.4, 0.5) is 0 Å². The van der Waals surface area contributed by atoms with Crippen molar-refractivity contribution in [2.24, 2.45) is 0 Å².